The van der Waals surface area contributed by atoms with Crippen molar-refractivity contribution in [2.45, 2.75) is 24.9 Å². The van der Waals surface area contributed by atoms with Gasteiger partial charge in [0.1, 0.15) is 17.8 Å². The summed E-state index contributed by atoms with van der Waals surface area (Å²) in [7, 11) is 3.48. The second kappa shape index (κ2) is 5.43. The maximum atomic E-state index is 9.91. The van der Waals surface area contributed by atoms with E-state index in [1.165, 1.54) is 0 Å². The van der Waals surface area contributed by atoms with Crippen molar-refractivity contribution >= 4 is 23.1 Å². The molecule has 2 aromatic rings. The molecule has 0 radical (unpaired) electrons. The zero-order valence-electron chi connectivity index (χ0n) is 11.8. The lowest BCUT2D eigenvalue weighted by Gasteiger charge is -2.16. The van der Waals surface area contributed by atoms with E-state index in [1.54, 1.807) is 24.9 Å². The van der Waals surface area contributed by atoms with Crippen LogP contribution in [0.2, 0.25) is 0 Å². The molecule has 1 saturated heterocycles. The van der Waals surface area contributed by atoms with Gasteiger partial charge in [0, 0.05) is 20.5 Å². The second-order valence-corrected chi connectivity index (χ2v) is 4.82. The first-order valence-electron chi connectivity index (χ1n) is 6.72. The van der Waals surface area contributed by atoms with Crippen LogP contribution in [0.4, 0.5) is 11.9 Å². The van der Waals surface area contributed by atoms with Gasteiger partial charge in [0.25, 0.3) is 0 Å². The SMILES string of the molecule is CNc1ncc2nc(NC)n([C@@H]3C[C@@H](O)[C@H](CO)O3)c2n1. The number of nitrogens with zero attached hydrogens (tertiary/aromatic N) is 4. The summed E-state index contributed by atoms with van der Waals surface area (Å²) in [4.78, 5) is 12.9. The van der Waals surface area contributed by atoms with Crippen LogP contribution in [-0.4, -0.2) is 62.6 Å². The highest BCUT2D eigenvalue weighted by Gasteiger charge is 2.36. The molecule has 0 spiro atoms. The molecule has 1 aliphatic heterocycles. The van der Waals surface area contributed by atoms with Crippen molar-refractivity contribution < 1.29 is 14.9 Å². The lowest BCUT2D eigenvalue weighted by molar-refractivity contribution is -0.0425. The smallest absolute Gasteiger partial charge is 0.224 e. The summed E-state index contributed by atoms with van der Waals surface area (Å²) in [5.41, 5.74) is 1.23. The summed E-state index contributed by atoms with van der Waals surface area (Å²) in [6.07, 6.45) is 0.240. The van der Waals surface area contributed by atoms with Gasteiger partial charge in [0.2, 0.25) is 11.9 Å². The summed E-state index contributed by atoms with van der Waals surface area (Å²) in [6.45, 7) is -0.226. The van der Waals surface area contributed by atoms with Crippen LogP contribution in [0.15, 0.2) is 6.20 Å². The van der Waals surface area contributed by atoms with Crippen LogP contribution in [-0.2, 0) is 4.74 Å². The summed E-state index contributed by atoms with van der Waals surface area (Å²) in [5, 5.41) is 25.0. The van der Waals surface area contributed by atoms with Crippen LogP contribution < -0.4 is 10.6 Å². The fraction of sp³-hybridized carbons (Fsp3) is 0.583. The van der Waals surface area contributed by atoms with E-state index >= 15 is 0 Å². The lowest BCUT2D eigenvalue weighted by atomic mass is 10.2. The molecule has 114 valence electrons. The molecule has 0 bridgehead atoms. The van der Waals surface area contributed by atoms with E-state index < -0.39 is 18.4 Å². The normalized spacial score (nSPS) is 25.4. The number of hydrogen-bond acceptors (Lipinski definition) is 8. The molecule has 1 aliphatic rings. The van der Waals surface area contributed by atoms with Crippen molar-refractivity contribution in [1.82, 2.24) is 19.5 Å². The highest BCUT2D eigenvalue weighted by atomic mass is 16.5. The average molecular weight is 294 g/mol. The molecule has 3 rings (SSSR count). The Bertz CT molecular complexity index is 645. The van der Waals surface area contributed by atoms with Crippen LogP contribution in [0, 0.1) is 0 Å². The van der Waals surface area contributed by atoms with Crippen LogP contribution in [0.5, 0.6) is 0 Å². The molecule has 0 aromatic carbocycles. The molecule has 0 unspecified atom stereocenters. The van der Waals surface area contributed by atoms with Crippen LogP contribution in [0.25, 0.3) is 11.2 Å². The van der Waals surface area contributed by atoms with Gasteiger partial charge in [0.15, 0.2) is 5.65 Å². The maximum Gasteiger partial charge on any atom is 0.224 e. The molecular formula is C12H18N6O3. The Labute approximate surface area is 121 Å². The largest absolute Gasteiger partial charge is 0.394 e. The van der Waals surface area contributed by atoms with Gasteiger partial charge in [-0.1, -0.05) is 0 Å². The molecular weight excluding hydrogens is 276 g/mol. The van der Waals surface area contributed by atoms with E-state index in [0.717, 1.165) is 0 Å². The highest BCUT2D eigenvalue weighted by molar-refractivity contribution is 5.75. The van der Waals surface area contributed by atoms with Gasteiger partial charge in [0.05, 0.1) is 18.9 Å². The topological polar surface area (TPSA) is 117 Å². The number of aromatic nitrogens is 4. The molecule has 2 aromatic heterocycles. The third-order valence-electron chi connectivity index (χ3n) is 3.55. The van der Waals surface area contributed by atoms with Crippen molar-refractivity contribution in [3.8, 4) is 0 Å². The Morgan fingerprint density at radius 1 is 1.38 bits per heavy atom. The van der Waals surface area contributed by atoms with Crippen LogP contribution >= 0.6 is 0 Å². The quantitative estimate of drug-likeness (QED) is 0.599. The summed E-state index contributed by atoms with van der Waals surface area (Å²) < 4.78 is 7.47. The Balaban J connectivity index is 2.07. The number of ether oxygens (including phenoxy) is 1. The summed E-state index contributed by atoms with van der Waals surface area (Å²) in [5.74, 6) is 1.05. The Morgan fingerprint density at radius 2 is 2.19 bits per heavy atom. The number of aliphatic hydroxyl groups excluding tert-OH is 2. The number of hydrogen-bond donors (Lipinski definition) is 4. The van der Waals surface area contributed by atoms with Gasteiger partial charge in [-0.25, -0.2) is 9.97 Å². The van der Waals surface area contributed by atoms with E-state index in [9.17, 15) is 10.2 Å². The van der Waals surface area contributed by atoms with Crippen LogP contribution in [0.1, 0.15) is 12.6 Å². The van der Waals surface area contributed by atoms with Crippen molar-refractivity contribution in [2.24, 2.45) is 0 Å². The zero-order chi connectivity index (χ0) is 15.0. The summed E-state index contributed by atoms with van der Waals surface area (Å²) >= 11 is 0. The van der Waals surface area contributed by atoms with Crippen molar-refractivity contribution in [3.05, 3.63) is 6.20 Å². The van der Waals surface area contributed by atoms with Gasteiger partial charge in [-0.3, -0.25) is 4.57 Å². The van der Waals surface area contributed by atoms with Crippen molar-refractivity contribution in [3.63, 3.8) is 0 Å². The molecule has 21 heavy (non-hydrogen) atoms. The molecule has 3 heterocycles. The minimum atomic E-state index is -0.715. The fourth-order valence-electron chi connectivity index (χ4n) is 2.50. The van der Waals surface area contributed by atoms with Crippen molar-refractivity contribution in [2.75, 3.05) is 31.3 Å². The predicted molar refractivity (Wildman–Crippen MR) is 76.0 cm³/mol. The van der Waals surface area contributed by atoms with Gasteiger partial charge < -0.3 is 25.6 Å². The van der Waals surface area contributed by atoms with E-state index in [2.05, 4.69) is 25.6 Å². The van der Waals surface area contributed by atoms with E-state index in [4.69, 9.17) is 4.74 Å². The van der Waals surface area contributed by atoms with E-state index in [1.807, 2.05) is 0 Å². The lowest BCUT2D eigenvalue weighted by Crippen LogP contribution is -2.24. The Hall–Kier alpha value is -1.97. The van der Waals surface area contributed by atoms with Crippen molar-refractivity contribution in [1.29, 1.82) is 0 Å². The van der Waals surface area contributed by atoms with E-state index in [-0.39, 0.29) is 6.61 Å². The second-order valence-electron chi connectivity index (χ2n) is 4.82. The number of rotatable bonds is 4. The minimum Gasteiger partial charge on any atom is -0.394 e. The third-order valence-corrected chi connectivity index (χ3v) is 3.55. The molecule has 9 heteroatoms. The molecule has 3 atom stereocenters. The first kappa shape index (κ1) is 14.0. The van der Waals surface area contributed by atoms with E-state index in [0.29, 0.717) is 29.5 Å². The minimum absolute atomic E-state index is 0.226. The Morgan fingerprint density at radius 3 is 2.81 bits per heavy atom. The number of anilines is 2. The summed E-state index contributed by atoms with van der Waals surface area (Å²) in [6, 6.07) is 0. The number of aliphatic hydroxyl groups is 2. The van der Waals surface area contributed by atoms with Gasteiger partial charge >= 0.3 is 0 Å². The van der Waals surface area contributed by atoms with Gasteiger partial charge in [-0.05, 0) is 0 Å². The standard InChI is InChI=1S/C12H18N6O3/c1-13-11-15-4-6-10(17-11)18(12(14-2)16-6)9-3-7(20)8(5-19)21-9/h4,7-9,19-20H,3,5H2,1-2H3,(H,14,16)(H,13,15,17)/t7-,8+,9+/m1/s1. The average Bonchev–Trinajstić information content (AvgIpc) is 3.05. The zero-order valence-corrected chi connectivity index (χ0v) is 11.8. The van der Waals surface area contributed by atoms with Crippen LogP contribution in [0.3, 0.4) is 0 Å². The molecule has 1 fully saturated rings. The highest BCUT2D eigenvalue weighted by Crippen LogP contribution is 2.33. The monoisotopic (exact) mass is 294 g/mol. The van der Waals surface area contributed by atoms with Gasteiger partial charge in [-0.15, -0.1) is 0 Å². The first-order chi connectivity index (χ1) is 10.2. The van der Waals surface area contributed by atoms with Gasteiger partial charge in [-0.2, -0.15) is 4.98 Å². The number of nitrogens with one attached hydrogen (secondary N) is 2. The Kier molecular flexibility index (Phi) is 3.62. The number of fused-ring (bicyclic) bond motifs is 1. The molecule has 4 N–H and O–H groups in total. The molecule has 0 saturated carbocycles. The maximum absolute atomic E-state index is 9.91. The third kappa shape index (κ3) is 2.28. The molecule has 0 aliphatic carbocycles. The predicted octanol–water partition coefficient (Wildman–Crippen LogP) is -0.450. The molecule has 0 amide bonds. The fourth-order valence-corrected chi connectivity index (χ4v) is 2.50. The first-order valence-corrected chi connectivity index (χ1v) is 6.72. The molecule has 9 nitrogen and oxygen atoms in total. The number of imidazole rings is 1.